The molecule has 1 N–H and O–H groups in total. The highest BCUT2D eigenvalue weighted by Gasteiger charge is 2.21. The highest BCUT2D eigenvalue weighted by molar-refractivity contribution is 5.28. The quantitative estimate of drug-likeness (QED) is 0.826. The van der Waals surface area contributed by atoms with E-state index in [1.165, 1.54) is 25.7 Å². The molecule has 1 aromatic rings. The van der Waals surface area contributed by atoms with Gasteiger partial charge in [0.15, 0.2) is 0 Å². The van der Waals surface area contributed by atoms with Gasteiger partial charge in [0.25, 0.3) is 0 Å². The van der Waals surface area contributed by atoms with Crippen molar-refractivity contribution in [3.05, 3.63) is 12.4 Å². The Morgan fingerprint density at radius 3 is 3.00 bits per heavy atom. The summed E-state index contributed by atoms with van der Waals surface area (Å²) in [5, 5.41) is 3.58. The standard InChI is InChI=1S/C12H21N3/c1-3-15-9-8-13-12(15)14-11-7-5-4-6-10(11)2/h8-11H,3-7H2,1-2H3,(H,13,14). The van der Waals surface area contributed by atoms with Gasteiger partial charge in [-0.05, 0) is 25.7 Å². The van der Waals surface area contributed by atoms with Gasteiger partial charge in [-0.2, -0.15) is 0 Å². The lowest BCUT2D eigenvalue weighted by Gasteiger charge is -2.29. The number of hydrogen-bond donors (Lipinski definition) is 1. The summed E-state index contributed by atoms with van der Waals surface area (Å²) in [6.45, 7) is 5.48. The van der Waals surface area contributed by atoms with Crippen molar-refractivity contribution in [1.29, 1.82) is 0 Å². The molecule has 0 radical (unpaired) electrons. The van der Waals surface area contributed by atoms with Crippen LogP contribution in [0.1, 0.15) is 39.5 Å². The Morgan fingerprint density at radius 1 is 1.47 bits per heavy atom. The Hall–Kier alpha value is -0.990. The second-order valence-electron chi connectivity index (χ2n) is 4.55. The highest BCUT2D eigenvalue weighted by Crippen LogP contribution is 2.26. The fourth-order valence-electron chi connectivity index (χ4n) is 2.40. The van der Waals surface area contributed by atoms with Gasteiger partial charge in [-0.25, -0.2) is 4.98 Å². The molecule has 0 amide bonds. The topological polar surface area (TPSA) is 29.9 Å². The molecule has 3 nitrogen and oxygen atoms in total. The molecule has 0 bridgehead atoms. The number of imidazole rings is 1. The van der Waals surface area contributed by atoms with Gasteiger partial charge in [0.05, 0.1) is 0 Å². The SMILES string of the molecule is CCn1ccnc1NC1CCCCC1C. The maximum atomic E-state index is 4.37. The first-order valence-electron chi connectivity index (χ1n) is 6.09. The Bertz CT molecular complexity index is 306. The first-order chi connectivity index (χ1) is 7.31. The third-order valence-electron chi connectivity index (χ3n) is 3.48. The van der Waals surface area contributed by atoms with Gasteiger partial charge in [-0.1, -0.05) is 19.8 Å². The molecular weight excluding hydrogens is 186 g/mol. The number of nitrogens with one attached hydrogen (secondary N) is 1. The molecule has 1 aliphatic rings. The van der Waals surface area contributed by atoms with Crippen LogP contribution in [0.25, 0.3) is 0 Å². The minimum Gasteiger partial charge on any atom is -0.353 e. The molecular formula is C12H21N3. The minimum absolute atomic E-state index is 0.617. The van der Waals surface area contributed by atoms with Crippen LogP contribution in [0.15, 0.2) is 12.4 Å². The third kappa shape index (κ3) is 2.33. The van der Waals surface area contributed by atoms with Gasteiger partial charge in [-0.3, -0.25) is 0 Å². The van der Waals surface area contributed by atoms with Crippen LogP contribution in [0.5, 0.6) is 0 Å². The second kappa shape index (κ2) is 4.69. The summed E-state index contributed by atoms with van der Waals surface area (Å²) in [5.41, 5.74) is 0. The fraction of sp³-hybridized carbons (Fsp3) is 0.750. The Balaban J connectivity index is 2.01. The zero-order chi connectivity index (χ0) is 10.7. The van der Waals surface area contributed by atoms with Gasteiger partial charge in [0, 0.05) is 25.0 Å². The van der Waals surface area contributed by atoms with Crippen LogP contribution >= 0.6 is 0 Å². The van der Waals surface area contributed by atoms with E-state index >= 15 is 0 Å². The lowest BCUT2D eigenvalue weighted by Crippen LogP contribution is -2.31. The minimum atomic E-state index is 0.617. The lowest BCUT2D eigenvalue weighted by molar-refractivity contribution is 0.347. The third-order valence-corrected chi connectivity index (χ3v) is 3.48. The number of anilines is 1. The summed E-state index contributed by atoms with van der Waals surface area (Å²) in [5.74, 6) is 1.82. The number of aromatic nitrogens is 2. The average molecular weight is 207 g/mol. The van der Waals surface area contributed by atoms with Crippen molar-refractivity contribution in [2.75, 3.05) is 5.32 Å². The molecule has 2 rings (SSSR count). The van der Waals surface area contributed by atoms with Crippen LogP contribution in [-0.4, -0.2) is 15.6 Å². The van der Waals surface area contributed by atoms with Gasteiger partial charge < -0.3 is 9.88 Å². The van der Waals surface area contributed by atoms with E-state index in [0.29, 0.717) is 6.04 Å². The van der Waals surface area contributed by atoms with Crippen LogP contribution in [0, 0.1) is 5.92 Å². The molecule has 1 heterocycles. The fourth-order valence-corrected chi connectivity index (χ4v) is 2.40. The molecule has 1 aliphatic carbocycles. The van der Waals surface area contributed by atoms with Crippen LogP contribution in [-0.2, 0) is 6.54 Å². The van der Waals surface area contributed by atoms with Crippen LogP contribution in [0.3, 0.4) is 0 Å². The molecule has 0 aliphatic heterocycles. The maximum Gasteiger partial charge on any atom is 0.202 e. The molecule has 0 aromatic carbocycles. The van der Waals surface area contributed by atoms with Crippen LogP contribution in [0.4, 0.5) is 5.95 Å². The zero-order valence-electron chi connectivity index (χ0n) is 9.74. The van der Waals surface area contributed by atoms with Crippen molar-refractivity contribution in [2.45, 2.75) is 52.1 Å². The molecule has 84 valence electrons. The van der Waals surface area contributed by atoms with Crippen molar-refractivity contribution in [3.8, 4) is 0 Å². The first kappa shape index (κ1) is 10.5. The van der Waals surface area contributed by atoms with Gasteiger partial charge in [0.1, 0.15) is 0 Å². The molecule has 0 spiro atoms. The van der Waals surface area contributed by atoms with Gasteiger partial charge in [0.2, 0.25) is 5.95 Å². The second-order valence-corrected chi connectivity index (χ2v) is 4.55. The van der Waals surface area contributed by atoms with E-state index in [-0.39, 0.29) is 0 Å². The molecule has 2 atom stereocenters. The van der Waals surface area contributed by atoms with E-state index in [2.05, 4.69) is 28.7 Å². The average Bonchev–Trinajstić information content (AvgIpc) is 2.69. The Kier molecular flexibility index (Phi) is 3.29. The number of hydrogen-bond acceptors (Lipinski definition) is 2. The van der Waals surface area contributed by atoms with Gasteiger partial charge in [-0.15, -0.1) is 0 Å². The van der Waals surface area contributed by atoms with Gasteiger partial charge >= 0.3 is 0 Å². The molecule has 1 fully saturated rings. The monoisotopic (exact) mass is 207 g/mol. The van der Waals surface area contributed by atoms with E-state index in [1.54, 1.807) is 0 Å². The predicted octanol–water partition coefficient (Wildman–Crippen LogP) is 2.89. The summed E-state index contributed by atoms with van der Waals surface area (Å²) in [6, 6.07) is 0.617. The number of nitrogens with zero attached hydrogens (tertiary/aromatic N) is 2. The lowest BCUT2D eigenvalue weighted by atomic mass is 9.86. The first-order valence-corrected chi connectivity index (χ1v) is 6.09. The summed E-state index contributed by atoms with van der Waals surface area (Å²) in [6.07, 6.45) is 9.30. The normalized spacial score (nSPS) is 26.5. The molecule has 1 saturated carbocycles. The van der Waals surface area contributed by atoms with Crippen LogP contribution < -0.4 is 5.32 Å². The van der Waals surface area contributed by atoms with E-state index in [4.69, 9.17) is 0 Å². The maximum absolute atomic E-state index is 4.37. The summed E-state index contributed by atoms with van der Waals surface area (Å²) < 4.78 is 2.17. The van der Waals surface area contributed by atoms with Crippen molar-refractivity contribution >= 4 is 5.95 Å². The molecule has 2 unspecified atom stereocenters. The summed E-state index contributed by atoms with van der Waals surface area (Å²) in [4.78, 5) is 4.37. The van der Waals surface area contributed by atoms with E-state index < -0.39 is 0 Å². The molecule has 0 saturated heterocycles. The van der Waals surface area contributed by atoms with Crippen molar-refractivity contribution in [2.24, 2.45) is 5.92 Å². The smallest absolute Gasteiger partial charge is 0.202 e. The molecule has 3 heteroatoms. The predicted molar refractivity (Wildman–Crippen MR) is 62.9 cm³/mol. The molecule has 15 heavy (non-hydrogen) atoms. The summed E-state index contributed by atoms with van der Waals surface area (Å²) >= 11 is 0. The van der Waals surface area contributed by atoms with Crippen molar-refractivity contribution in [3.63, 3.8) is 0 Å². The van der Waals surface area contributed by atoms with E-state index in [9.17, 15) is 0 Å². The van der Waals surface area contributed by atoms with Crippen molar-refractivity contribution in [1.82, 2.24) is 9.55 Å². The molecule has 1 aromatic heterocycles. The summed E-state index contributed by atoms with van der Waals surface area (Å²) in [7, 11) is 0. The highest BCUT2D eigenvalue weighted by atomic mass is 15.2. The Morgan fingerprint density at radius 2 is 2.27 bits per heavy atom. The number of aryl methyl sites for hydroxylation is 1. The van der Waals surface area contributed by atoms with Crippen molar-refractivity contribution < 1.29 is 0 Å². The van der Waals surface area contributed by atoms with Crippen LogP contribution in [0.2, 0.25) is 0 Å². The zero-order valence-corrected chi connectivity index (χ0v) is 9.74. The number of rotatable bonds is 3. The Labute approximate surface area is 91.9 Å². The van der Waals surface area contributed by atoms with E-state index in [0.717, 1.165) is 18.4 Å². The van der Waals surface area contributed by atoms with E-state index in [1.807, 2.05) is 12.4 Å². The largest absolute Gasteiger partial charge is 0.353 e.